The summed E-state index contributed by atoms with van der Waals surface area (Å²) in [5, 5.41) is 106. The van der Waals surface area contributed by atoms with E-state index >= 15 is 0 Å². The normalized spacial score (nSPS) is 27.1. The van der Waals surface area contributed by atoms with Crippen LogP contribution in [0.4, 0.5) is 0 Å². The Kier molecular flexibility index (Phi) is 35.2. The van der Waals surface area contributed by atoms with Crippen LogP contribution >= 0.6 is 0 Å². The van der Waals surface area contributed by atoms with E-state index in [1.165, 1.54) is 19.1 Å². The molecule has 516 valence electrons. The Morgan fingerprint density at radius 2 is 1.11 bits per heavy atom. The molecule has 33 nitrogen and oxygen atoms in total. The zero-order chi connectivity index (χ0) is 67.8. The Morgan fingerprint density at radius 3 is 1.60 bits per heavy atom. The number of aliphatic carboxylic acids is 1. The summed E-state index contributed by atoms with van der Waals surface area (Å²) in [5.41, 5.74) is -0.153. The number of rotatable bonds is 34. The molecule has 0 unspecified atom stereocenters. The number of hydrogen-bond donors (Lipinski definition) is 9. The molecule has 4 aromatic rings. The SMILES string of the molecule is CC([O-])=N[C@H]1[C@H](OCC(COCc2ccccc2)(COCc2ccccc2)CN(CC([O-])=N[C@@H](Cc2ccc(OS(=O)(=O)O)cc2)C(=O)[O-])S(=O)(=O)O)O[C@H](COCc2ccccc2)[C@@H](O[C@@H]2O[C@H](CO)[C@H](O)[C@H](OS(=O)(=O)O)[C@H]2O)[C@@H]1O[C@@H]1O[C@@H](C)[C@@H](O)[C@@H](O)[C@@H]1O.[Na+].[Na+].[Na+]. The summed E-state index contributed by atoms with van der Waals surface area (Å²) in [7, 11) is -16.0. The number of aliphatic hydroxyl groups excluding tert-OH is 6. The van der Waals surface area contributed by atoms with Crippen molar-refractivity contribution in [3.63, 3.8) is 0 Å². The average Bonchev–Trinajstić information content (AvgIpc) is 0.766. The van der Waals surface area contributed by atoms with Gasteiger partial charge in [0, 0.05) is 19.5 Å². The van der Waals surface area contributed by atoms with E-state index < -0.39 is 205 Å². The minimum Gasteiger partial charge on any atom is -0.862 e. The Hall–Kier alpha value is -2.86. The van der Waals surface area contributed by atoms with Crippen molar-refractivity contribution in [2.45, 2.75) is 138 Å². The van der Waals surface area contributed by atoms with Gasteiger partial charge in [0.05, 0.1) is 76.4 Å². The van der Waals surface area contributed by atoms with E-state index in [0.29, 0.717) is 16.7 Å². The summed E-state index contributed by atoms with van der Waals surface area (Å²) in [4.78, 5) is 20.4. The average molecular weight is 1440 g/mol. The van der Waals surface area contributed by atoms with Crippen molar-refractivity contribution in [3.05, 3.63) is 138 Å². The van der Waals surface area contributed by atoms with Gasteiger partial charge in [0.1, 0.15) is 72.8 Å². The number of carboxylic acid groups (broad SMARTS) is 1. The van der Waals surface area contributed by atoms with Gasteiger partial charge >= 0.3 is 120 Å². The molecule has 9 N–H and O–H groups in total. The van der Waals surface area contributed by atoms with E-state index in [1.807, 2.05) is 0 Å². The molecule has 3 aliphatic rings. The summed E-state index contributed by atoms with van der Waals surface area (Å²) >= 11 is 0. The predicted molar refractivity (Wildman–Crippen MR) is 310 cm³/mol. The first-order chi connectivity index (χ1) is 43.9. The molecule has 0 saturated carbocycles. The topological polar surface area (TPSA) is 500 Å². The number of aliphatic hydroxyl groups is 6. The second-order valence-electron chi connectivity index (χ2n) is 22.0. The number of aliphatic imine (C=N–C) groups is 2. The summed E-state index contributed by atoms with van der Waals surface area (Å²) in [5.74, 6) is -4.77. The van der Waals surface area contributed by atoms with Crippen molar-refractivity contribution in [2.24, 2.45) is 15.4 Å². The number of carbonyl (C=O) groups is 1. The van der Waals surface area contributed by atoms with E-state index in [-0.39, 0.29) is 124 Å². The van der Waals surface area contributed by atoms with Gasteiger partial charge in [0.25, 0.3) is 0 Å². The van der Waals surface area contributed by atoms with Crippen LogP contribution in [0, 0.1) is 5.41 Å². The van der Waals surface area contributed by atoms with Gasteiger partial charge in [0.15, 0.2) is 18.9 Å². The molecular formula is C57H72N3Na3O30S3. The van der Waals surface area contributed by atoms with Crippen molar-refractivity contribution in [2.75, 3.05) is 46.1 Å². The van der Waals surface area contributed by atoms with Crippen molar-refractivity contribution in [1.29, 1.82) is 0 Å². The Bertz CT molecular complexity index is 3370. The molecule has 0 bridgehead atoms. The second-order valence-corrected chi connectivity index (χ2v) is 25.5. The van der Waals surface area contributed by atoms with Crippen LogP contribution in [0.1, 0.15) is 36.1 Å². The molecule has 16 atom stereocenters. The van der Waals surface area contributed by atoms with Gasteiger partial charge in [-0.3, -0.25) is 23.6 Å². The van der Waals surface area contributed by atoms with Gasteiger partial charge in [-0.05, 0) is 60.0 Å². The van der Waals surface area contributed by atoms with Crippen molar-refractivity contribution in [1.82, 2.24) is 4.31 Å². The minimum absolute atomic E-state index is 0. The number of ether oxygens (including phenoxy) is 9. The zero-order valence-corrected chi connectivity index (χ0v) is 61.1. The first-order valence-electron chi connectivity index (χ1n) is 28.5. The number of carboxylic acids is 1. The van der Waals surface area contributed by atoms with Crippen LogP contribution in [-0.4, -0.2) is 236 Å². The molecule has 0 spiro atoms. The molecular weight excluding hydrogens is 1370 g/mol. The van der Waals surface area contributed by atoms with E-state index in [1.54, 1.807) is 91.0 Å². The first kappa shape index (κ1) is 85.6. The van der Waals surface area contributed by atoms with Gasteiger partial charge in [-0.25, -0.2) is 4.18 Å². The molecule has 0 amide bonds. The Labute approximate surface area is 619 Å². The molecule has 39 heteroatoms. The summed E-state index contributed by atoms with van der Waals surface area (Å²) in [6.45, 7) is -4.54. The molecule has 0 radical (unpaired) electrons. The van der Waals surface area contributed by atoms with Crippen LogP contribution in [0.3, 0.4) is 0 Å². The van der Waals surface area contributed by atoms with Crippen molar-refractivity contribution < 1.29 is 229 Å². The van der Waals surface area contributed by atoms with Crippen molar-refractivity contribution >= 4 is 48.9 Å². The van der Waals surface area contributed by atoms with Crippen LogP contribution in [0.15, 0.2) is 125 Å². The number of carbonyl (C=O) groups excluding carboxylic acids is 1. The molecule has 3 heterocycles. The fourth-order valence-corrected chi connectivity index (χ4v) is 11.7. The van der Waals surface area contributed by atoms with Crippen molar-refractivity contribution in [3.8, 4) is 5.75 Å². The quantitative estimate of drug-likeness (QED) is 0.00907. The van der Waals surface area contributed by atoms with Gasteiger partial charge in [-0.1, -0.05) is 103 Å². The molecule has 0 aliphatic carbocycles. The van der Waals surface area contributed by atoms with E-state index in [4.69, 9.17) is 47.2 Å². The number of hydrogen-bond acceptors (Lipinski definition) is 29. The van der Waals surface area contributed by atoms with Crippen LogP contribution in [0.2, 0.25) is 0 Å². The van der Waals surface area contributed by atoms with Crippen LogP contribution in [-0.2, 0) is 109 Å². The van der Waals surface area contributed by atoms with E-state index in [0.717, 1.165) is 19.1 Å². The maximum atomic E-state index is 13.9. The third kappa shape index (κ3) is 26.2. The molecule has 3 fully saturated rings. The standard InChI is InChI=1S/C57H75N3O30S3.3Na/c1-33-45(64)47(66)48(67)55(84-33)88-51-44(58-34(2)62)54(86-42(28-80-25-36-12-6-3-7-13-36)50(51)87-56-49(68)52(90-93(77,78)79)46(65)41(24-61)85-56)83-32-57(30-81-26-37-14-8-4-9-15-37,31-82-27-38-16-10-5-11-17-38)29-60(91(71,72)73)23-43(63)59-40(53(69)70)22-35-18-20-39(21-19-35)89-92(74,75)76;;;/h3-21,33,40-42,44-52,54-56,61,64-68H,22-32H2,1-2H3,(H,58,62)(H,59,63)(H,69,70)(H,71,72,73)(H,74,75,76)(H,77,78,79);;;/q;3*+1/p-3/t33-,40-,41+,42+,44+,45+,46-,47+,48-,49+,50+,51+,52-,54+,55-,56-;;;/m0.../s1. The van der Waals surface area contributed by atoms with Crippen LogP contribution in [0.25, 0.3) is 0 Å². The maximum Gasteiger partial charge on any atom is 1.00 e. The Balaban J connectivity index is 0.00000653. The zero-order valence-electron chi connectivity index (χ0n) is 52.6. The predicted octanol–water partition coefficient (Wildman–Crippen LogP) is -12.8. The van der Waals surface area contributed by atoms with Crippen LogP contribution in [0.5, 0.6) is 5.75 Å². The maximum absolute atomic E-state index is 13.9. The second kappa shape index (κ2) is 39.5. The van der Waals surface area contributed by atoms with Gasteiger partial charge in [-0.2, -0.15) is 29.6 Å². The fraction of sp³-hybridized carbons (Fsp3) is 0.526. The Morgan fingerprint density at radius 1 is 0.604 bits per heavy atom. The monoisotopic (exact) mass is 1440 g/mol. The van der Waals surface area contributed by atoms with E-state index in [2.05, 4.69) is 18.4 Å². The summed E-state index contributed by atoms with van der Waals surface area (Å²) in [6, 6.07) is 25.9. The van der Waals surface area contributed by atoms with E-state index in [9.17, 15) is 85.1 Å². The first-order valence-corrected chi connectivity index (χ1v) is 32.6. The molecule has 96 heavy (non-hydrogen) atoms. The molecule has 4 aromatic carbocycles. The third-order valence-electron chi connectivity index (χ3n) is 14.7. The third-order valence-corrected chi connectivity index (χ3v) is 16.4. The molecule has 7 rings (SSSR count). The largest absolute Gasteiger partial charge is 1.00 e. The summed E-state index contributed by atoms with van der Waals surface area (Å²) in [6.07, 6.45) is -28.3. The van der Waals surface area contributed by atoms with Gasteiger partial charge in [-0.15, -0.1) is 0 Å². The molecule has 3 aliphatic heterocycles. The van der Waals surface area contributed by atoms with Crippen LogP contribution < -0.4 is 108 Å². The molecule has 0 aromatic heterocycles. The molecule has 3 saturated heterocycles. The van der Waals surface area contributed by atoms with Gasteiger partial charge < -0.3 is 97.6 Å². The van der Waals surface area contributed by atoms with Gasteiger partial charge in [0.2, 0.25) is 0 Å². The number of nitrogens with zero attached hydrogens (tertiary/aromatic N) is 3. The minimum atomic E-state index is -5.59. The number of benzene rings is 4. The smallest absolute Gasteiger partial charge is 0.862 e. The fourth-order valence-electron chi connectivity index (χ4n) is 10.2. The summed E-state index contributed by atoms with van der Waals surface area (Å²) < 4.78 is 169.